The van der Waals surface area contributed by atoms with Crippen LogP contribution >= 0.6 is 35.0 Å². The first-order valence-electron chi connectivity index (χ1n) is 8.18. The van der Waals surface area contributed by atoms with Crippen LogP contribution in [-0.2, 0) is 10.0 Å². The number of nitrogens with one attached hydrogen (secondary N) is 1. The van der Waals surface area contributed by atoms with Crippen molar-refractivity contribution in [2.45, 2.75) is 15.0 Å². The van der Waals surface area contributed by atoms with Crippen LogP contribution in [0.4, 0.5) is 0 Å². The van der Waals surface area contributed by atoms with E-state index in [1.54, 1.807) is 48.5 Å². The highest BCUT2D eigenvalue weighted by atomic mass is 35.5. The van der Waals surface area contributed by atoms with Crippen molar-refractivity contribution in [1.29, 1.82) is 0 Å². The minimum absolute atomic E-state index is 0.193. The van der Waals surface area contributed by atoms with Gasteiger partial charge in [0, 0.05) is 16.7 Å². The average molecular weight is 438 g/mol. The maximum atomic E-state index is 12.6. The van der Waals surface area contributed by atoms with Crippen molar-refractivity contribution >= 4 is 45.0 Å². The molecule has 0 spiro atoms. The molecule has 0 saturated heterocycles. The summed E-state index contributed by atoms with van der Waals surface area (Å²) in [6.07, 6.45) is 0. The maximum Gasteiger partial charge on any atom is 0.240 e. The van der Waals surface area contributed by atoms with Gasteiger partial charge in [-0.2, -0.15) is 0 Å². The number of hydrogen-bond acceptors (Lipinski definition) is 3. The summed E-state index contributed by atoms with van der Waals surface area (Å²) in [5.74, 6) is 0. The van der Waals surface area contributed by atoms with E-state index < -0.39 is 10.0 Å². The largest absolute Gasteiger partial charge is 0.240 e. The van der Waals surface area contributed by atoms with E-state index >= 15 is 0 Å². The van der Waals surface area contributed by atoms with Crippen molar-refractivity contribution in [3.05, 3.63) is 94.5 Å². The van der Waals surface area contributed by atoms with Crippen LogP contribution in [0.25, 0.3) is 0 Å². The van der Waals surface area contributed by atoms with E-state index in [4.69, 9.17) is 23.2 Å². The van der Waals surface area contributed by atoms with E-state index in [1.165, 1.54) is 11.8 Å². The zero-order valence-electron chi connectivity index (χ0n) is 14.2. The molecule has 1 unspecified atom stereocenters. The van der Waals surface area contributed by atoms with Crippen LogP contribution in [0.15, 0.2) is 88.7 Å². The first-order valence-corrected chi connectivity index (χ1v) is 11.3. The molecule has 3 rings (SSSR count). The predicted octanol–water partition coefficient (Wildman–Crippen LogP) is 5.81. The molecule has 3 nitrogen and oxygen atoms in total. The normalized spacial score (nSPS) is 12.7. The standard InChI is InChI=1S/C20H17Cl2NO2S2/c21-17-12-7-13-18(22)20(17)26-19(15-8-3-1-4-9-15)14-23-27(24,25)16-10-5-2-6-11-16/h1-13,19,23H,14H2. The number of halogens is 2. The third-order valence-corrected chi connectivity index (χ3v) is 7.56. The Balaban J connectivity index is 1.85. The van der Waals surface area contributed by atoms with Crippen LogP contribution in [0.1, 0.15) is 10.8 Å². The Morgan fingerprint density at radius 3 is 1.96 bits per heavy atom. The molecule has 0 fully saturated rings. The molecule has 0 heterocycles. The predicted molar refractivity (Wildman–Crippen MR) is 113 cm³/mol. The van der Waals surface area contributed by atoms with Crippen LogP contribution in [0, 0.1) is 0 Å². The summed E-state index contributed by atoms with van der Waals surface area (Å²) in [5, 5.41) is 0.890. The third kappa shape index (κ3) is 5.27. The molecule has 27 heavy (non-hydrogen) atoms. The molecule has 3 aromatic carbocycles. The first-order chi connectivity index (χ1) is 13.0. The molecule has 0 radical (unpaired) electrons. The van der Waals surface area contributed by atoms with Crippen LogP contribution < -0.4 is 4.72 Å². The molecule has 0 aliphatic rings. The molecule has 0 aromatic heterocycles. The molecule has 1 atom stereocenters. The summed E-state index contributed by atoms with van der Waals surface area (Å²) in [7, 11) is -3.61. The van der Waals surface area contributed by atoms with E-state index in [0.717, 1.165) is 10.5 Å². The summed E-state index contributed by atoms with van der Waals surface area (Å²) >= 11 is 14.0. The van der Waals surface area contributed by atoms with Gasteiger partial charge in [-0.1, -0.05) is 77.8 Å². The number of sulfonamides is 1. The van der Waals surface area contributed by atoms with E-state index in [0.29, 0.717) is 10.0 Å². The minimum Gasteiger partial charge on any atom is -0.210 e. The second kappa shape index (κ2) is 9.13. The zero-order chi connectivity index (χ0) is 19.3. The second-order valence-electron chi connectivity index (χ2n) is 5.73. The van der Waals surface area contributed by atoms with Crippen molar-refractivity contribution in [3.8, 4) is 0 Å². The molecule has 140 valence electrons. The molecule has 7 heteroatoms. The van der Waals surface area contributed by atoms with Gasteiger partial charge in [0.1, 0.15) is 0 Å². The van der Waals surface area contributed by atoms with Crippen molar-refractivity contribution in [2.24, 2.45) is 0 Å². The Labute approximate surface area is 173 Å². The first kappa shape index (κ1) is 20.2. The second-order valence-corrected chi connectivity index (χ2v) is 9.53. The van der Waals surface area contributed by atoms with E-state index in [-0.39, 0.29) is 16.7 Å². The number of rotatable bonds is 7. The molecule has 0 amide bonds. The number of hydrogen-bond donors (Lipinski definition) is 1. The Kier molecular flexibility index (Phi) is 6.84. The monoisotopic (exact) mass is 437 g/mol. The molecule has 0 aliphatic heterocycles. The van der Waals surface area contributed by atoms with Gasteiger partial charge in [0.15, 0.2) is 0 Å². The summed E-state index contributed by atoms with van der Waals surface area (Å²) < 4.78 is 27.9. The molecular formula is C20H17Cl2NO2S2. The van der Waals surface area contributed by atoms with Gasteiger partial charge in [0.25, 0.3) is 0 Å². The van der Waals surface area contributed by atoms with E-state index in [9.17, 15) is 8.42 Å². The van der Waals surface area contributed by atoms with Gasteiger partial charge in [-0.05, 0) is 29.8 Å². The summed E-state index contributed by atoms with van der Waals surface area (Å²) in [4.78, 5) is 0.964. The van der Waals surface area contributed by atoms with Crippen LogP contribution in [0.3, 0.4) is 0 Å². The lowest BCUT2D eigenvalue weighted by atomic mass is 10.1. The van der Waals surface area contributed by atoms with Gasteiger partial charge < -0.3 is 0 Å². The highest BCUT2D eigenvalue weighted by molar-refractivity contribution is 7.99. The van der Waals surface area contributed by atoms with Crippen LogP contribution in [-0.4, -0.2) is 15.0 Å². The highest BCUT2D eigenvalue weighted by Gasteiger charge is 2.21. The van der Waals surface area contributed by atoms with E-state index in [2.05, 4.69) is 4.72 Å². The van der Waals surface area contributed by atoms with Gasteiger partial charge in [0.05, 0.1) is 14.9 Å². The summed E-state index contributed by atoms with van der Waals surface area (Å²) in [6.45, 7) is 0.202. The number of benzene rings is 3. The Morgan fingerprint density at radius 2 is 1.37 bits per heavy atom. The fourth-order valence-electron chi connectivity index (χ4n) is 2.50. The lowest BCUT2D eigenvalue weighted by Gasteiger charge is -2.19. The van der Waals surface area contributed by atoms with E-state index in [1.807, 2.05) is 30.3 Å². The van der Waals surface area contributed by atoms with Gasteiger partial charge in [-0.25, -0.2) is 13.1 Å². The molecule has 0 bridgehead atoms. The lowest BCUT2D eigenvalue weighted by Crippen LogP contribution is -2.27. The Bertz CT molecular complexity index is 977. The lowest BCUT2D eigenvalue weighted by molar-refractivity contribution is 0.581. The fourth-order valence-corrected chi connectivity index (χ4v) is 5.45. The average Bonchev–Trinajstić information content (AvgIpc) is 2.68. The van der Waals surface area contributed by atoms with Crippen molar-refractivity contribution in [3.63, 3.8) is 0 Å². The third-order valence-electron chi connectivity index (χ3n) is 3.86. The Morgan fingerprint density at radius 1 is 0.815 bits per heavy atom. The summed E-state index contributed by atoms with van der Waals surface area (Å²) in [6, 6.07) is 23.3. The molecule has 0 aliphatic carbocycles. The van der Waals surface area contributed by atoms with Crippen molar-refractivity contribution in [2.75, 3.05) is 6.54 Å². The highest BCUT2D eigenvalue weighted by Crippen LogP contribution is 2.42. The van der Waals surface area contributed by atoms with Gasteiger partial charge >= 0.3 is 0 Å². The smallest absolute Gasteiger partial charge is 0.210 e. The molecule has 3 aromatic rings. The molecule has 1 N–H and O–H groups in total. The quantitative estimate of drug-likeness (QED) is 0.474. The van der Waals surface area contributed by atoms with Crippen molar-refractivity contribution in [1.82, 2.24) is 4.72 Å². The van der Waals surface area contributed by atoms with Crippen LogP contribution in [0.5, 0.6) is 0 Å². The summed E-state index contributed by atoms with van der Waals surface area (Å²) in [5.41, 5.74) is 0.981. The van der Waals surface area contributed by atoms with Gasteiger partial charge in [-0.15, -0.1) is 11.8 Å². The van der Waals surface area contributed by atoms with Crippen molar-refractivity contribution < 1.29 is 8.42 Å². The Hall–Kier alpha value is -1.50. The van der Waals surface area contributed by atoms with Crippen LogP contribution in [0.2, 0.25) is 10.0 Å². The zero-order valence-corrected chi connectivity index (χ0v) is 17.3. The molecule has 0 saturated carbocycles. The SMILES string of the molecule is O=S(=O)(NCC(Sc1c(Cl)cccc1Cl)c1ccccc1)c1ccccc1. The number of thioether (sulfide) groups is 1. The van der Waals surface area contributed by atoms with Gasteiger partial charge in [-0.3, -0.25) is 0 Å². The maximum absolute atomic E-state index is 12.6. The topological polar surface area (TPSA) is 46.2 Å². The fraction of sp³-hybridized carbons (Fsp3) is 0.100. The minimum atomic E-state index is -3.61. The van der Waals surface area contributed by atoms with Gasteiger partial charge in [0.2, 0.25) is 10.0 Å². The molecular weight excluding hydrogens is 421 g/mol.